The Kier molecular flexibility index (Phi) is 5.11. The van der Waals surface area contributed by atoms with Gasteiger partial charge in [0.15, 0.2) is 0 Å². The second kappa shape index (κ2) is 7.04. The van der Waals surface area contributed by atoms with Gasteiger partial charge in [-0.05, 0) is 12.1 Å². The second-order valence-corrected chi connectivity index (χ2v) is 4.51. The van der Waals surface area contributed by atoms with Crippen LogP contribution < -0.4 is 9.47 Å². The number of halogens is 3. The highest BCUT2D eigenvalue weighted by molar-refractivity contribution is 6.32. The summed E-state index contributed by atoms with van der Waals surface area (Å²) >= 11 is 6.00. The van der Waals surface area contributed by atoms with Crippen molar-refractivity contribution < 1.29 is 23.0 Å². The zero-order valence-corrected chi connectivity index (χ0v) is 11.6. The summed E-state index contributed by atoms with van der Waals surface area (Å²) in [7, 11) is 0. The quantitative estimate of drug-likeness (QED) is 0.586. The fraction of sp³-hybridized carbons (Fsp3) is 0.133. The lowest BCUT2D eigenvalue weighted by molar-refractivity contribution is -0.108. The third kappa shape index (κ3) is 4.43. The Hall–Kier alpha value is -2.14. The summed E-state index contributed by atoms with van der Waals surface area (Å²) in [6.45, 7) is 0.221. The smallest absolute Gasteiger partial charge is 0.138 e. The van der Waals surface area contributed by atoms with Crippen LogP contribution in [0, 0.1) is 11.6 Å². The van der Waals surface area contributed by atoms with Crippen LogP contribution in [0.1, 0.15) is 6.42 Å². The highest BCUT2D eigenvalue weighted by atomic mass is 35.5. The highest BCUT2D eigenvalue weighted by Crippen LogP contribution is 2.31. The second-order valence-electron chi connectivity index (χ2n) is 4.10. The molecule has 0 bridgehead atoms. The van der Waals surface area contributed by atoms with E-state index in [1.807, 2.05) is 0 Å². The standard InChI is InChI=1S/C15H11ClF2O3/c16-14-9-12(2-3-15(14)20-5-1-4-19)21-13-7-10(17)6-11(18)8-13/h2-4,6-9H,1,5H2. The molecule has 0 amide bonds. The van der Waals surface area contributed by atoms with Crippen molar-refractivity contribution in [3.63, 3.8) is 0 Å². The Morgan fingerprint density at radius 1 is 1.05 bits per heavy atom. The maximum atomic E-state index is 13.1. The van der Waals surface area contributed by atoms with E-state index in [4.69, 9.17) is 21.1 Å². The van der Waals surface area contributed by atoms with Gasteiger partial charge in [0, 0.05) is 30.7 Å². The molecule has 0 aliphatic rings. The van der Waals surface area contributed by atoms with Gasteiger partial charge in [0.1, 0.15) is 35.2 Å². The van der Waals surface area contributed by atoms with Crippen molar-refractivity contribution in [1.29, 1.82) is 0 Å². The fourth-order valence-electron chi connectivity index (χ4n) is 1.60. The van der Waals surface area contributed by atoms with Crippen LogP contribution in [-0.4, -0.2) is 12.9 Å². The largest absolute Gasteiger partial charge is 0.492 e. The third-order valence-electron chi connectivity index (χ3n) is 2.47. The first kappa shape index (κ1) is 15.3. The number of carbonyl (C=O) groups is 1. The highest BCUT2D eigenvalue weighted by Gasteiger charge is 2.07. The minimum absolute atomic E-state index is 0.0261. The molecular formula is C15H11ClF2O3. The van der Waals surface area contributed by atoms with Crippen molar-refractivity contribution in [3.8, 4) is 17.2 Å². The summed E-state index contributed by atoms with van der Waals surface area (Å²) in [5, 5.41) is 0.273. The molecule has 0 unspecified atom stereocenters. The van der Waals surface area contributed by atoms with Crippen molar-refractivity contribution in [2.75, 3.05) is 6.61 Å². The van der Waals surface area contributed by atoms with Gasteiger partial charge in [-0.1, -0.05) is 11.6 Å². The number of carbonyl (C=O) groups excluding carboxylic acids is 1. The van der Waals surface area contributed by atoms with Gasteiger partial charge < -0.3 is 14.3 Å². The van der Waals surface area contributed by atoms with E-state index < -0.39 is 11.6 Å². The van der Waals surface area contributed by atoms with E-state index in [1.54, 1.807) is 12.1 Å². The Morgan fingerprint density at radius 2 is 1.76 bits per heavy atom. The van der Waals surface area contributed by atoms with Crippen LogP contribution in [0.25, 0.3) is 0 Å². The summed E-state index contributed by atoms with van der Waals surface area (Å²) in [5.41, 5.74) is 0. The summed E-state index contributed by atoms with van der Waals surface area (Å²) in [5.74, 6) is -0.725. The van der Waals surface area contributed by atoms with Gasteiger partial charge in [-0.25, -0.2) is 8.78 Å². The SMILES string of the molecule is O=CCCOc1ccc(Oc2cc(F)cc(F)c2)cc1Cl. The molecule has 3 nitrogen and oxygen atoms in total. The third-order valence-corrected chi connectivity index (χ3v) is 2.76. The molecule has 6 heteroatoms. The molecule has 0 N–H and O–H groups in total. The maximum Gasteiger partial charge on any atom is 0.138 e. The van der Waals surface area contributed by atoms with Crippen molar-refractivity contribution >= 4 is 17.9 Å². The van der Waals surface area contributed by atoms with E-state index in [-0.39, 0.29) is 23.8 Å². The molecule has 0 aliphatic heterocycles. The van der Waals surface area contributed by atoms with E-state index >= 15 is 0 Å². The Labute approximate surface area is 125 Å². The molecule has 0 spiro atoms. The molecule has 0 aromatic heterocycles. The fourth-order valence-corrected chi connectivity index (χ4v) is 1.83. The van der Waals surface area contributed by atoms with Gasteiger partial charge >= 0.3 is 0 Å². The van der Waals surface area contributed by atoms with Crippen LogP contribution in [0.4, 0.5) is 8.78 Å². The van der Waals surface area contributed by atoms with Gasteiger partial charge in [0.25, 0.3) is 0 Å². The van der Waals surface area contributed by atoms with Crippen molar-refractivity contribution in [1.82, 2.24) is 0 Å². The monoisotopic (exact) mass is 312 g/mol. The molecule has 0 fully saturated rings. The molecule has 0 atom stereocenters. The van der Waals surface area contributed by atoms with E-state index in [0.29, 0.717) is 11.5 Å². The van der Waals surface area contributed by atoms with E-state index in [0.717, 1.165) is 24.5 Å². The molecule has 0 heterocycles. The summed E-state index contributed by atoms with van der Waals surface area (Å²) < 4.78 is 36.7. The molecule has 0 radical (unpaired) electrons. The predicted octanol–water partition coefficient (Wildman–Crippen LogP) is 4.38. The number of rotatable bonds is 6. The van der Waals surface area contributed by atoms with Crippen LogP contribution in [0.2, 0.25) is 5.02 Å². The molecule has 0 saturated heterocycles. The minimum atomic E-state index is -0.732. The number of hydrogen-bond donors (Lipinski definition) is 0. The molecule has 0 aliphatic carbocycles. The topological polar surface area (TPSA) is 35.5 Å². The minimum Gasteiger partial charge on any atom is -0.492 e. The van der Waals surface area contributed by atoms with E-state index in [2.05, 4.69) is 0 Å². The van der Waals surface area contributed by atoms with Crippen LogP contribution in [-0.2, 0) is 4.79 Å². The van der Waals surface area contributed by atoms with Gasteiger partial charge in [0.2, 0.25) is 0 Å². The maximum absolute atomic E-state index is 13.1. The number of ether oxygens (including phenoxy) is 2. The van der Waals surface area contributed by atoms with Crippen molar-refractivity contribution in [2.24, 2.45) is 0 Å². The Balaban J connectivity index is 2.10. The van der Waals surface area contributed by atoms with Crippen LogP contribution >= 0.6 is 11.6 Å². The Bertz CT molecular complexity index is 627. The number of hydrogen-bond acceptors (Lipinski definition) is 3. The number of aldehydes is 1. The van der Waals surface area contributed by atoms with Gasteiger partial charge in [-0.3, -0.25) is 0 Å². The average molecular weight is 313 g/mol. The van der Waals surface area contributed by atoms with E-state index in [9.17, 15) is 13.6 Å². The first-order chi connectivity index (χ1) is 10.1. The molecule has 110 valence electrons. The first-order valence-electron chi connectivity index (χ1n) is 6.08. The van der Waals surface area contributed by atoms with Crippen molar-refractivity contribution in [3.05, 3.63) is 53.1 Å². The average Bonchev–Trinajstić information content (AvgIpc) is 2.40. The zero-order valence-electron chi connectivity index (χ0n) is 10.8. The molecule has 21 heavy (non-hydrogen) atoms. The lowest BCUT2D eigenvalue weighted by Crippen LogP contribution is -1.98. The van der Waals surface area contributed by atoms with E-state index in [1.165, 1.54) is 6.07 Å². The van der Waals surface area contributed by atoms with Crippen LogP contribution in [0.15, 0.2) is 36.4 Å². The molecule has 2 aromatic carbocycles. The lowest BCUT2D eigenvalue weighted by Gasteiger charge is -2.10. The normalized spacial score (nSPS) is 10.2. The zero-order chi connectivity index (χ0) is 15.2. The summed E-state index contributed by atoms with van der Waals surface area (Å²) in [4.78, 5) is 10.2. The molecule has 2 rings (SSSR count). The van der Waals surface area contributed by atoms with Gasteiger partial charge in [-0.2, -0.15) is 0 Å². The molecule has 0 saturated carbocycles. The van der Waals surface area contributed by atoms with Crippen molar-refractivity contribution in [2.45, 2.75) is 6.42 Å². The van der Waals surface area contributed by atoms with Gasteiger partial charge in [-0.15, -0.1) is 0 Å². The lowest BCUT2D eigenvalue weighted by atomic mass is 10.3. The summed E-state index contributed by atoms with van der Waals surface area (Å²) in [6.07, 6.45) is 1.00. The predicted molar refractivity (Wildman–Crippen MR) is 74.1 cm³/mol. The number of benzene rings is 2. The van der Waals surface area contributed by atoms with Crippen LogP contribution in [0.3, 0.4) is 0 Å². The first-order valence-corrected chi connectivity index (χ1v) is 6.46. The van der Waals surface area contributed by atoms with Crippen LogP contribution in [0.5, 0.6) is 17.2 Å². The summed E-state index contributed by atoms with van der Waals surface area (Å²) in [6, 6.07) is 7.43. The Morgan fingerprint density at radius 3 is 2.38 bits per heavy atom. The molecular weight excluding hydrogens is 302 g/mol. The molecule has 2 aromatic rings. The van der Waals surface area contributed by atoms with Gasteiger partial charge in [0.05, 0.1) is 11.6 Å².